The summed E-state index contributed by atoms with van der Waals surface area (Å²) in [5.74, 6) is 0.167. The summed E-state index contributed by atoms with van der Waals surface area (Å²) in [5.41, 5.74) is 1.46. The third kappa shape index (κ3) is 3.90. The molecule has 0 atom stereocenters. The summed E-state index contributed by atoms with van der Waals surface area (Å²) in [7, 11) is 0. The minimum Gasteiger partial charge on any atom is -0.508 e. The van der Waals surface area contributed by atoms with Crippen LogP contribution in [-0.4, -0.2) is 24.1 Å². The van der Waals surface area contributed by atoms with Gasteiger partial charge in [-0.3, -0.25) is 4.79 Å². The molecule has 0 aliphatic carbocycles. The molecule has 0 saturated carbocycles. The molecule has 0 unspecified atom stereocenters. The molecule has 4 heteroatoms. The van der Waals surface area contributed by atoms with E-state index in [1.807, 2.05) is 6.92 Å². The molecule has 0 aliphatic heterocycles. The summed E-state index contributed by atoms with van der Waals surface area (Å²) in [6, 6.07) is 5.00. The van der Waals surface area contributed by atoms with Gasteiger partial charge in [0.05, 0.1) is 6.54 Å². The maximum Gasteiger partial charge on any atom is 0.238 e. The number of phenols is 1. The number of phenolic OH excluding ortho intramolecular Hbond substituents is 1. The number of carbonyl (C=O) groups is 1. The van der Waals surface area contributed by atoms with Crippen molar-refractivity contribution < 1.29 is 9.90 Å². The van der Waals surface area contributed by atoms with Crippen LogP contribution in [0.3, 0.4) is 0 Å². The lowest BCUT2D eigenvalue weighted by Crippen LogP contribution is -2.28. The molecular weight excluding hydrogens is 204 g/mol. The van der Waals surface area contributed by atoms with Crippen LogP contribution in [0.25, 0.3) is 0 Å². The monoisotopic (exact) mass is 222 g/mol. The zero-order valence-corrected chi connectivity index (χ0v) is 9.71. The molecule has 0 aromatic heterocycles. The molecule has 16 heavy (non-hydrogen) atoms. The van der Waals surface area contributed by atoms with Crippen molar-refractivity contribution in [3.05, 3.63) is 23.8 Å². The van der Waals surface area contributed by atoms with E-state index < -0.39 is 0 Å². The second-order valence-electron chi connectivity index (χ2n) is 3.73. The van der Waals surface area contributed by atoms with Gasteiger partial charge >= 0.3 is 0 Å². The van der Waals surface area contributed by atoms with Gasteiger partial charge < -0.3 is 15.7 Å². The SMILES string of the molecule is CCCNCC(=O)Nc1ccc(O)c(C)c1. The fourth-order valence-electron chi connectivity index (χ4n) is 1.32. The Labute approximate surface area is 95.7 Å². The van der Waals surface area contributed by atoms with E-state index in [4.69, 9.17) is 0 Å². The van der Waals surface area contributed by atoms with Gasteiger partial charge in [-0.25, -0.2) is 0 Å². The van der Waals surface area contributed by atoms with Gasteiger partial charge in [0.2, 0.25) is 5.91 Å². The van der Waals surface area contributed by atoms with Gasteiger partial charge in [-0.15, -0.1) is 0 Å². The van der Waals surface area contributed by atoms with Crippen LogP contribution in [0, 0.1) is 6.92 Å². The Kier molecular flexibility index (Phi) is 4.79. The molecule has 1 rings (SSSR count). The average molecular weight is 222 g/mol. The van der Waals surface area contributed by atoms with E-state index in [0.717, 1.165) is 18.5 Å². The largest absolute Gasteiger partial charge is 0.508 e. The lowest BCUT2D eigenvalue weighted by atomic mass is 10.2. The normalized spacial score (nSPS) is 10.1. The van der Waals surface area contributed by atoms with E-state index in [1.54, 1.807) is 25.1 Å². The maximum atomic E-state index is 11.4. The number of hydrogen-bond donors (Lipinski definition) is 3. The van der Waals surface area contributed by atoms with Gasteiger partial charge in [-0.05, 0) is 43.7 Å². The van der Waals surface area contributed by atoms with E-state index in [-0.39, 0.29) is 11.7 Å². The van der Waals surface area contributed by atoms with Crippen LogP contribution in [0.5, 0.6) is 5.75 Å². The topological polar surface area (TPSA) is 61.4 Å². The number of hydrogen-bond acceptors (Lipinski definition) is 3. The van der Waals surface area contributed by atoms with Crippen molar-refractivity contribution in [1.82, 2.24) is 5.32 Å². The van der Waals surface area contributed by atoms with Gasteiger partial charge in [0.1, 0.15) is 5.75 Å². The number of amides is 1. The van der Waals surface area contributed by atoms with Gasteiger partial charge in [-0.2, -0.15) is 0 Å². The first-order valence-electron chi connectivity index (χ1n) is 5.43. The lowest BCUT2D eigenvalue weighted by molar-refractivity contribution is -0.115. The molecule has 0 radical (unpaired) electrons. The molecule has 1 amide bonds. The highest BCUT2D eigenvalue weighted by molar-refractivity contribution is 5.92. The minimum atomic E-state index is -0.0708. The summed E-state index contributed by atoms with van der Waals surface area (Å²) in [5, 5.41) is 15.1. The number of benzene rings is 1. The van der Waals surface area contributed by atoms with E-state index in [0.29, 0.717) is 12.2 Å². The second-order valence-corrected chi connectivity index (χ2v) is 3.73. The van der Waals surface area contributed by atoms with Crippen molar-refractivity contribution in [2.24, 2.45) is 0 Å². The molecule has 0 spiro atoms. The van der Waals surface area contributed by atoms with Crippen LogP contribution in [-0.2, 0) is 4.79 Å². The Balaban J connectivity index is 2.46. The first-order chi connectivity index (χ1) is 7.63. The molecular formula is C12H18N2O2. The molecule has 1 aromatic carbocycles. The van der Waals surface area contributed by atoms with E-state index in [9.17, 15) is 9.90 Å². The lowest BCUT2D eigenvalue weighted by Gasteiger charge is -2.07. The third-order valence-electron chi connectivity index (χ3n) is 2.19. The molecule has 88 valence electrons. The zero-order chi connectivity index (χ0) is 12.0. The van der Waals surface area contributed by atoms with Gasteiger partial charge in [0.15, 0.2) is 0 Å². The highest BCUT2D eigenvalue weighted by Gasteiger charge is 2.02. The average Bonchev–Trinajstić information content (AvgIpc) is 2.24. The zero-order valence-electron chi connectivity index (χ0n) is 9.71. The Bertz CT molecular complexity index is 364. The number of rotatable bonds is 5. The molecule has 0 heterocycles. The van der Waals surface area contributed by atoms with Crippen molar-refractivity contribution >= 4 is 11.6 Å². The predicted molar refractivity (Wildman–Crippen MR) is 64.6 cm³/mol. The standard InChI is InChI=1S/C12H18N2O2/c1-3-6-13-8-12(16)14-10-4-5-11(15)9(2)7-10/h4-5,7,13,15H,3,6,8H2,1-2H3,(H,14,16). The molecule has 1 aromatic rings. The first kappa shape index (κ1) is 12.5. The number of aryl methyl sites for hydroxylation is 1. The maximum absolute atomic E-state index is 11.4. The number of carbonyl (C=O) groups excluding carboxylic acids is 1. The van der Waals surface area contributed by atoms with Crippen LogP contribution in [0.15, 0.2) is 18.2 Å². The van der Waals surface area contributed by atoms with E-state index in [2.05, 4.69) is 10.6 Å². The highest BCUT2D eigenvalue weighted by atomic mass is 16.3. The quantitative estimate of drug-likeness (QED) is 0.524. The summed E-state index contributed by atoms with van der Waals surface area (Å²) in [6.45, 7) is 4.99. The summed E-state index contributed by atoms with van der Waals surface area (Å²) in [6.07, 6.45) is 1.01. The van der Waals surface area contributed by atoms with Crippen molar-refractivity contribution in [3.8, 4) is 5.75 Å². The van der Waals surface area contributed by atoms with Crippen molar-refractivity contribution in [3.63, 3.8) is 0 Å². The molecule has 0 bridgehead atoms. The molecule has 4 nitrogen and oxygen atoms in total. The predicted octanol–water partition coefficient (Wildman–Crippen LogP) is 1.64. The van der Waals surface area contributed by atoms with Crippen LogP contribution < -0.4 is 10.6 Å². The Morgan fingerprint density at radius 1 is 1.44 bits per heavy atom. The molecule has 0 aliphatic rings. The number of anilines is 1. The smallest absolute Gasteiger partial charge is 0.238 e. The van der Waals surface area contributed by atoms with Crippen molar-refractivity contribution in [2.75, 3.05) is 18.4 Å². The summed E-state index contributed by atoms with van der Waals surface area (Å²) < 4.78 is 0. The van der Waals surface area contributed by atoms with Crippen LogP contribution >= 0.6 is 0 Å². The number of nitrogens with one attached hydrogen (secondary N) is 2. The Hall–Kier alpha value is -1.55. The highest BCUT2D eigenvalue weighted by Crippen LogP contribution is 2.19. The third-order valence-corrected chi connectivity index (χ3v) is 2.19. The molecule has 0 fully saturated rings. The van der Waals surface area contributed by atoms with Gasteiger partial charge in [0, 0.05) is 5.69 Å². The molecule has 0 saturated heterocycles. The Morgan fingerprint density at radius 3 is 2.81 bits per heavy atom. The van der Waals surface area contributed by atoms with E-state index >= 15 is 0 Å². The fourth-order valence-corrected chi connectivity index (χ4v) is 1.32. The second kappa shape index (κ2) is 6.12. The minimum absolute atomic E-state index is 0.0708. The summed E-state index contributed by atoms with van der Waals surface area (Å²) in [4.78, 5) is 11.4. The number of aromatic hydroxyl groups is 1. The Morgan fingerprint density at radius 2 is 2.19 bits per heavy atom. The van der Waals surface area contributed by atoms with Crippen molar-refractivity contribution in [2.45, 2.75) is 20.3 Å². The molecule has 3 N–H and O–H groups in total. The fraction of sp³-hybridized carbons (Fsp3) is 0.417. The van der Waals surface area contributed by atoms with Gasteiger partial charge in [0.25, 0.3) is 0 Å². The van der Waals surface area contributed by atoms with Crippen molar-refractivity contribution in [1.29, 1.82) is 0 Å². The van der Waals surface area contributed by atoms with E-state index in [1.165, 1.54) is 0 Å². The van der Waals surface area contributed by atoms with Crippen LogP contribution in [0.1, 0.15) is 18.9 Å². The van der Waals surface area contributed by atoms with Crippen LogP contribution in [0.4, 0.5) is 5.69 Å². The summed E-state index contributed by atoms with van der Waals surface area (Å²) >= 11 is 0. The van der Waals surface area contributed by atoms with Gasteiger partial charge in [-0.1, -0.05) is 6.92 Å². The van der Waals surface area contributed by atoms with Crippen LogP contribution in [0.2, 0.25) is 0 Å². The first-order valence-corrected chi connectivity index (χ1v) is 5.43.